The van der Waals surface area contributed by atoms with E-state index < -0.39 is 5.60 Å². The van der Waals surface area contributed by atoms with Crippen molar-refractivity contribution in [2.75, 3.05) is 0 Å². The second kappa shape index (κ2) is 10.0. The Balaban J connectivity index is 5.22. The van der Waals surface area contributed by atoms with Gasteiger partial charge in [-0.2, -0.15) is 0 Å². The van der Waals surface area contributed by atoms with Crippen molar-refractivity contribution < 1.29 is 14.6 Å². The molecule has 0 radical (unpaired) electrons. The molecule has 0 fully saturated rings. The van der Waals surface area contributed by atoms with Gasteiger partial charge < -0.3 is 9.84 Å². The summed E-state index contributed by atoms with van der Waals surface area (Å²) in [5.74, 6) is -0.311. The van der Waals surface area contributed by atoms with Crippen LogP contribution in [0.25, 0.3) is 0 Å². The van der Waals surface area contributed by atoms with Gasteiger partial charge in [-0.3, -0.25) is 0 Å². The van der Waals surface area contributed by atoms with Crippen LogP contribution in [0, 0.1) is 0 Å². The summed E-state index contributed by atoms with van der Waals surface area (Å²) in [7, 11) is 0. The van der Waals surface area contributed by atoms with E-state index in [-0.39, 0.29) is 12.1 Å². The highest BCUT2D eigenvalue weighted by Gasteiger charge is 2.16. The Bertz CT molecular complexity index is 527. The molecule has 0 aliphatic carbocycles. The zero-order valence-corrected chi connectivity index (χ0v) is 15.2. The Kier molecular flexibility index (Phi) is 9.19. The Morgan fingerprint density at radius 1 is 1.30 bits per heavy atom. The van der Waals surface area contributed by atoms with Crippen molar-refractivity contribution >= 4 is 5.97 Å². The van der Waals surface area contributed by atoms with Gasteiger partial charge in [0.2, 0.25) is 0 Å². The van der Waals surface area contributed by atoms with Gasteiger partial charge in [-0.25, -0.2) is 4.79 Å². The molecule has 0 amide bonds. The van der Waals surface area contributed by atoms with Crippen molar-refractivity contribution in [2.24, 2.45) is 0 Å². The Morgan fingerprint density at radius 3 is 2.39 bits per heavy atom. The van der Waals surface area contributed by atoms with Crippen LogP contribution in [0.1, 0.15) is 48.0 Å². The molecule has 0 aromatic rings. The van der Waals surface area contributed by atoms with E-state index in [1.807, 2.05) is 39.8 Å². The zero-order valence-electron chi connectivity index (χ0n) is 15.2. The van der Waals surface area contributed by atoms with E-state index in [0.717, 1.165) is 5.57 Å². The molecular weight excluding hydrogens is 288 g/mol. The minimum Gasteiger partial charge on any atom is -0.454 e. The first-order valence-electron chi connectivity index (χ1n) is 7.82. The number of carbonyl (C=O) groups excluding carboxylic acids is 1. The fourth-order valence-corrected chi connectivity index (χ4v) is 1.58. The van der Waals surface area contributed by atoms with Gasteiger partial charge in [0, 0.05) is 12.0 Å². The third-order valence-electron chi connectivity index (χ3n) is 3.46. The summed E-state index contributed by atoms with van der Waals surface area (Å²) in [6.45, 7) is 14.7. The number of allylic oxidation sites excluding steroid dienone is 4. The van der Waals surface area contributed by atoms with Crippen LogP contribution >= 0.6 is 0 Å². The summed E-state index contributed by atoms with van der Waals surface area (Å²) in [5.41, 5.74) is 1.62. The number of hydrogen-bond acceptors (Lipinski definition) is 3. The second-order valence-electron chi connectivity index (χ2n) is 6.08. The maximum atomic E-state index is 12.0. The lowest BCUT2D eigenvalue weighted by Crippen LogP contribution is -2.20. The van der Waals surface area contributed by atoms with Gasteiger partial charge >= 0.3 is 5.97 Å². The normalized spacial score (nSPS) is 16.7. The minimum atomic E-state index is -1.05. The average Bonchev–Trinajstić information content (AvgIpc) is 2.49. The first-order valence-corrected chi connectivity index (χ1v) is 7.82. The zero-order chi connectivity index (χ0) is 18.0. The highest BCUT2D eigenvalue weighted by atomic mass is 16.5. The number of aliphatic hydroxyl groups is 1. The standard InChI is InChI=1S/C20H30O3/c1-8-16(5)19(21)23-18(13-12-15(3)4)17(6)11-10-14-20(7,22)9-2/h8-12,14,18,22H,2,13H2,1,3-7H3/b14-10+,16-8-,17-11+/t18-,20-/m0/s1. The van der Waals surface area contributed by atoms with Gasteiger partial charge in [-0.15, -0.1) is 0 Å². The van der Waals surface area contributed by atoms with Gasteiger partial charge in [-0.05, 0) is 53.2 Å². The maximum absolute atomic E-state index is 12.0. The molecule has 23 heavy (non-hydrogen) atoms. The van der Waals surface area contributed by atoms with Crippen LogP contribution < -0.4 is 0 Å². The SMILES string of the molecule is C=C[C@](C)(O)/C=C/C=C(\C)[C@H](CC=C(C)C)OC(=O)/C(C)=C\C. The summed E-state index contributed by atoms with van der Waals surface area (Å²) in [5, 5.41) is 9.86. The summed E-state index contributed by atoms with van der Waals surface area (Å²) in [6, 6.07) is 0. The van der Waals surface area contributed by atoms with E-state index in [2.05, 4.69) is 6.58 Å². The third kappa shape index (κ3) is 8.99. The predicted molar refractivity (Wildman–Crippen MR) is 97.1 cm³/mol. The molecule has 1 N–H and O–H groups in total. The van der Waals surface area contributed by atoms with Crippen LogP contribution in [0.4, 0.5) is 0 Å². The molecule has 3 heteroatoms. The molecule has 3 nitrogen and oxygen atoms in total. The van der Waals surface area contributed by atoms with Crippen LogP contribution in [-0.4, -0.2) is 22.8 Å². The largest absolute Gasteiger partial charge is 0.454 e. The number of carbonyl (C=O) groups is 1. The minimum absolute atomic E-state index is 0.311. The highest BCUT2D eigenvalue weighted by Crippen LogP contribution is 2.16. The average molecular weight is 318 g/mol. The number of esters is 1. The smallest absolute Gasteiger partial charge is 0.333 e. The van der Waals surface area contributed by atoms with E-state index in [1.165, 1.54) is 11.6 Å². The number of rotatable bonds is 8. The number of ether oxygens (including phenoxy) is 1. The van der Waals surface area contributed by atoms with Crippen molar-refractivity contribution in [1.29, 1.82) is 0 Å². The lowest BCUT2D eigenvalue weighted by Gasteiger charge is -2.18. The molecule has 0 aromatic carbocycles. The second-order valence-corrected chi connectivity index (χ2v) is 6.08. The van der Waals surface area contributed by atoms with Gasteiger partial charge in [0.1, 0.15) is 6.10 Å². The van der Waals surface area contributed by atoms with Gasteiger partial charge in [0.05, 0.1) is 5.60 Å². The first kappa shape index (κ1) is 21.1. The lowest BCUT2D eigenvalue weighted by molar-refractivity contribution is -0.142. The van der Waals surface area contributed by atoms with Crippen molar-refractivity contribution in [3.8, 4) is 0 Å². The predicted octanol–water partition coefficient (Wildman–Crippen LogP) is 4.66. The first-order chi connectivity index (χ1) is 10.6. The molecule has 0 saturated carbocycles. The summed E-state index contributed by atoms with van der Waals surface area (Å²) in [4.78, 5) is 12.0. The highest BCUT2D eigenvalue weighted by molar-refractivity contribution is 5.87. The molecule has 0 spiro atoms. The Morgan fingerprint density at radius 2 is 1.91 bits per heavy atom. The maximum Gasteiger partial charge on any atom is 0.333 e. The quantitative estimate of drug-likeness (QED) is 0.306. The third-order valence-corrected chi connectivity index (χ3v) is 3.46. The molecule has 0 aliphatic heterocycles. The van der Waals surface area contributed by atoms with Crippen LogP contribution in [0.3, 0.4) is 0 Å². The molecule has 0 saturated heterocycles. The van der Waals surface area contributed by atoms with Gasteiger partial charge in [-0.1, -0.05) is 42.5 Å². The van der Waals surface area contributed by atoms with Crippen LogP contribution in [0.2, 0.25) is 0 Å². The molecule has 2 atom stereocenters. The van der Waals surface area contributed by atoms with E-state index in [4.69, 9.17) is 4.74 Å². The van der Waals surface area contributed by atoms with Crippen LogP contribution in [0.15, 0.2) is 59.8 Å². The van der Waals surface area contributed by atoms with Gasteiger partial charge in [0.15, 0.2) is 0 Å². The Hall–Kier alpha value is -1.87. The fourth-order valence-electron chi connectivity index (χ4n) is 1.58. The molecule has 0 heterocycles. The lowest BCUT2D eigenvalue weighted by atomic mass is 10.0. The van der Waals surface area contributed by atoms with Crippen molar-refractivity contribution in [1.82, 2.24) is 0 Å². The van der Waals surface area contributed by atoms with Crippen molar-refractivity contribution in [3.05, 3.63) is 59.8 Å². The molecule has 0 aromatic heterocycles. The molecule has 0 rings (SSSR count). The summed E-state index contributed by atoms with van der Waals surface area (Å²) >= 11 is 0. The molecule has 0 unspecified atom stereocenters. The van der Waals surface area contributed by atoms with E-state index in [0.29, 0.717) is 12.0 Å². The van der Waals surface area contributed by atoms with E-state index >= 15 is 0 Å². The van der Waals surface area contributed by atoms with Gasteiger partial charge in [0.25, 0.3) is 0 Å². The van der Waals surface area contributed by atoms with E-state index in [9.17, 15) is 9.90 Å². The Labute approximate surface area is 140 Å². The fraction of sp³-hybridized carbons (Fsp3) is 0.450. The monoisotopic (exact) mass is 318 g/mol. The topological polar surface area (TPSA) is 46.5 Å². The van der Waals surface area contributed by atoms with Crippen molar-refractivity contribution in [2.45, 2.75) is 59.7 Å². The van der Waals surface area contributed by atoms with Crippen molar-refractivity contribution in [3.63, 3.8) is 0 Å². The summed E-state index contributed by atoms with van der Waals surface area (Å²) < 4.78 is 5.59. The molecule has 128 valence electrons. The molecular formula is C20H30O3. The number of hydrogen-bond donors (Lipinski definition) is 1. The molecule has 0 aliphatic rings. The van der Waals surface area contributed by atoms with E-state index in [1.54, 1.807) is 32.1 Å². The summed E-state index contributed by atoms with van der Waals surface area (Å²) in [6.07, 6.45) is 10.8. The van der Waals surface area contributed by atoms with Crippen LogP contribution in [0.5, 0.6) is 0 Å². The van der Waals surface area contributed by atoms with Crippen LogP contribution in [-0.2, 0) is 9.53 Å². The molecule has 0 bridgehead atoms.